The predicted molar refractivity (Wildman–Crippen MR) is 125 cm³/mol. The quantitative estimate of drug-likeness (QED) is 0.346. The van der Waals surface area contributed by atoms with Crippen molar-refractivity contribution >= 4 is 29.1 Å². The number of benzene rings is 2. The van der Waals surface area contributed by atoms with E-state index in [0.29, 0.717) is 44.8 Å². The summed E-state index contributed by atoms with van der Waals surface area (Å²) in [5, 5.41) is 8.79. The van der Waals surface area contributed by atoms with Crippen molar-refractivity contribution in [2.45, 2.75) is 24.7 Å². The van der Waals surface area contributed by atoms with Crippen LogP contribution >= 0.6 is 12.2 Å². The van der Waals surface area contributed by atoms with Crippen LogP contribution < -0.4 is 0 Å². The molecule has 31 heavy (non-hydrogen) atoms. The number of rotatable bonds is 6. The third-order valence-electron chi connectivity index (χ3n) is 4.93. The number of nitrogens with zero attached hydrogens (tertiary/aromatic N) is 2. The Labute approximate surface area is 189 Å². The van der Waals surface area contributed by atoms with Gasteiger partial charge in [-0.15, -0.1) is 0 Å². The zero-order valence-corrected chi connectivity index (χ0v) is 19.0. The van der Waals surface area contributed by atoms with Crippen molar-refractivity contribution in [2.24, 2.45) is 0 Å². The Bertz CT molecular complexity index is 1230. The number of ether oxygens (including phenoxy) is 1. The lowest BCUT2D eigenvalue weighted by Gasteiger charge is -2.18. The van der Waals surface area contributed by atoms with Crippen molar-refractivity contribution in [3.05, 3.63) is 71.0 Å². The van der Waals surface area contributed by atoms with E-state index in [1.54, 1.807) is 13.1 Å². The molecule has 0 saturated carbocycles. The molecule has 2 aromatic carbocycles. The van der Waals surface area contributed by atoms with E-state index in [9.17, 15) is 9.00 Å². The van der Waals surface area contributed by atoms with Gasteiger partial charge in [0.05, 0.1) is 28.5 Å². The maximum Gasteiger partial charge on any atom is 0.417 e. The van der Waals surface area contributed by atoms with Gasteiger partial charge in [-0.1, -0.05) is 60.7 Å². The van der Waals surface area contributed by atoms with Crippen molar-refractivity contribution in [3.8, 4) is 28.3 Å². The van der Waals surface area contributed by atoms with E-state index in [1.165, 1.54) is 11.7 Å². The lowest BCUT2D eigenvalue weighted by atomic mass is 9.98. The van der Waals surface area contributed by atoms with Gasteiger partial charge in [-0.05, 0) is 25.0 Å². The van der Waals surface area contributed by atoms with Crippen LogP contribution in [0.4, 0.5) is 4.79 Å². The Morgan fingerprint density at radius 2 is 1.81 bits per heavy atom. The molecule has 1 aromatic heterocycles. The summed E-state index contributed by atoms with van der Waals surface area (Å²) in [7, 11) is 0.0233. The van der Waals surface area contributed by atoms with E-state index in [1.807, 2.05) is 54.6 Å². The summed E-state index contributed by atoms with van der Waals surface area (Å²) in [6, 6.07) is 19.0. The lowest BCUT2D eigenvalue weighted by molar-refractivity contribution is 0.172. The molecule has 1 heterocycles. The van der Waals surface area contributed by atoms with Crippen LogP contribution in [0.3, 0.4) is 0 Å². The van der Waals surface area contributed by atoms with E-state index in [0.717, 1.165) is 11.1 Å². The highest BCUT2D eigenvalue weighted by Crippen LogP contribution is 2.35. The highest BCUT2D eigenvalue weighted by atomic mass is 32.2. The Balaban J connectivity index is 2.27. The monoisotopic (exact) mass is 450 g/mol. The van der Waals surface area contributed by atoms with Crippen LogP contribution in [-0.4, -0.2) is 27.7 Å². The summed E-state index contributed by atoms with van der Waals surface area (Å²) in [5.74, 6) is 0.381. The number of carbonyl (C=O) groups excluding carboxylic acids is 1. The minimum absolute atomic E-state index is 0.352. The number of hydrogen-bond donors (Lipinski definition) is 0. The van der Waals surface area contributed by atoms with Crippen molar-refractivity contribution < 1.29 is 13.7 Å². The van der Waals surface area contributed by atoms with Crippen molar-refractivity contribution in [1.29, 1.82) is 5.26 Å². The van der Waals surface area contributed by atoms with Gasteiger partial charge in [-0.2, -0.15) is 5.26 Å². The van der Waals surface area contributed by atoms with Crippen LogP contribution in [-0.2, 0) is 15.5 Å². The SMILES string of the molecule is COC(=O)n1cc(-c2ccccc2)c(=S)c(-c2ccccc2S(=O)CCCC#N)c1C. The van der Waals surface area contributed by atoms with Crippen molar-refractivity contribution in [1.82, 2.24) is 4.57 Å². The first-order chi connectivity index (χ1) is 15.0. The highest BCUT2D eigenvalue weighted by Gasteiger charge is 2.20. The average Bonchev–Trinajstić information content (AvgIpc) is 2.80. The Morgan fingerprint density at radius 1 is 1.13 bits per heavy atom. The molecular weight excluding hydrogens is 428 g/mol. The zero-order chi connectivity index (χ0) is 22.4. The summed E-state index contributed by atoms with van der Waals surface area (Å²) in [6.07, 6.45) is 2.06. The number of unbranched alkanes of at least 4 members (excludes halogenated alkanes) is 1. The van der Waals surface area contributed by atoms with Crippen LogP contribution in [0.5, 0.6) is 0 Å². The normalized spacial score (nSPS) is 11.5. The van der Waals surface area contributed by atoms with Gasteiger partial charge in [0, 0.05) is 45.7 Å². The Morgan fingerprint density at radius 3 is 2.48 bits per heavy atom. The van der Waals surface area contributed by atoms with Crippen LogP contribution in [0, 0.1) is 22.8 Å². The molecule has 0 saturated heterocycles. The van der Waals surface area contributed by atoms with Gasteiger partial charge in [-0.25, -0.2) is 4.79 Å². The van der Waals surface area contributed by atoms with Crippen LogP contribution in [0.25, 0.3) is 22.3 Å². The highest BCUT2D eigenvalue weighted by molar-refractivity contribution is 7.85. The number of aromatic nitrogens is 1. The van der Waals surface area contributed by atoms with Gasteiger partial charge in [-0.3, -0.25) is 8.78 Å². The van der Waals surface area contributed by atoms with Gasteiger partial charge in [0.25, 0.3) is 0 Å². The first-order valence-electron chi connectivity index (χ1n) is 9.74. The molecule has 1 unspecified atom stereocenters. The summed E-state index contributed by atoms with van der Waals surface area (Å²) in [5.41, 5.74) is 3.59. The zero-order valence-electron chi connectivity index (χ0n) is 17.3. The number of nitriles is 1. The molecule has 3 rings (SSSR count). The van der Waals surface area contributed by atoms with E-state index in [2.05, 4.69) is 6.07 Å². The number of pyridine rings is 1. The summed E-state index contributed by atoms with van der Waals surface area (Å²) in [6.45, 7) is 1.80. The standard InChI is InChI=1S/C24H22N2O3S2/c1-17-22(19-12-6-7-13-21(19)31(28)15-9-8-14-25)23(30)20(16-26(17)24(27)29-2)18-10-4-3-5-11-18/h3-7,10-13,16H,8-9,15H2,1-2H3. The van der Waals surface area contributed by atoms with Gasteiger partial charge < -0.3 is 4.74 Å². The second-order valence-electron chi connectivity index (χ2n) is 6.85. The smallest absolute Gasteiger partial charge is 0.417 e. The van der Waals surface area contributed by atoms with Gasteiger partial charge in [0.2, 0.25) is 0 Å². The predicted octanol–water partition coefficient (Wildman–Crippen LogP) is 5.89. The number of hydrogen-bond acceptors (Lipinski definition) is 5. The molecule has 0 fully saturated rings. The van der Waals surface area contributed by atoms with Crippen LogP contribution in [0.15, 0.2) is 65.7 Å². The molecule has 0 amide bonds. The van der Waals surface area contributed by atoms with E-state index < -0.39 is 16.9 Å². The van der Waals surface area contributed by atoms with Gasteiger partial charge in [0.15, 0.2) is 0 Å². The first-order valence-corrected chi connectivity index (χ1v) is 11.5. The third-order valence-corrected chi connectivity index (χ3v) is 6.86. The Hall–Kier alpha value is -3.08. The molecule has 5 nitrogen and oxygen atoms in total. The minimum atomic E-state index is -1.31. The molecule has 0 spiro atoms. The summed E-state index contributed by atoms with van der Waals surface area (Å²) < 4.78 is 20.0. The van der Waals surface area contributed by atoms with Crippen molar-refractivity contribution in [2.75, 3.05) is 12.9 Å². The molecule has 0 aliphatic rings. The second-order valence-corrected chi connectivity index (χ2v) is 8.79. The minimum Gasteiger partial charge on any atom is -0.452 e. The van der Waals surface area contributed by atoms with Crippen LogP contribution in [0.2, 0.25) is 0 Å². The van der Waals surface area contributed by atoms with E-state index in [4.69, 9.17) is 22.2 Å². The molecule has 0 aliphatic carbocycles. The third kappa shape index (κ3) is 4.82. The topological polar surface area (TPSA) is 72.1 Å². The first kappa shape index (κ1) is 22.6. The van der Waals surface area contributed by atoms with Crippen molar-refractivity contribution in [3.63, 3.8) is 0 Å². The van der Waals surface area contributed by atoms with E-state index >= 15 is 0 Å². The van der Waals surface area contributed by atoms with E-state index in [-0.39, 0.29) is 0 Å². The fourth-order valence-corrected chi connectivity index (χ4v) is 5.10. The molecule has 7 heteroatoms. The van der Waals surface area contributed by atoms with Gasteiger partial charge in [0.1, 0.15) is 0 Å². The summed E-state index contributed by atoms with van der Waals surface area (Å²) in [4.78, 5) is 13.2. The molecule has 1 atom stereocenters. The van der Waals surface area contributed by atoms with Gasteiger partial charge >= 0.3 is 6.09 Å². The molecule has 0 N–H and O–H groups in total. The largest absolute Gasteiger partial charge is 0.452 e. The molecule has 3 aromatic rings. The maximum absolute atomic E-state index is 13.0. The molecule has 158 valence electrons. The number of carbonyl (C=O) groups is 1. The fraction of sp³-hybridized carbons (Fsp3) is 0.208. The Kier molecular flexibility index (Phi) is 7.50. The fourth-order valence-electron chi connectivity index (χ4n) is 3.40. The maximum atomic E-state index is 13.0. The molecule has 0 bridgehead atoms. The second kappa shape index (κ2) is 10.3. The molecule has 0 radical (unpaired) electrons. The summed E-state index contributed by atoms with van der Waals surface area (Å²) >= 11 is 5.87. The average molecular weight is 451 g/mol. The lowest BCUT2D eigenvalue weighted by Crippen LogP contribution is -2.16. The number of methoxy groups -OCH3 is 1. The molecule has 0 aliphatic heterocycles. The van der Waals surface area contributed by atoms with Crippen LogP contribution in [0.1, 0.15) is 18.5 Å². The molecular formula is C24H22N2O3S2.